The number of fused-ring (bicyclic) bond motifs is 4. The molecule has 0 unspecified atom stereocenters. The third kappa shape index (κ3) is 3.46. The van der Waals surface area contributed by atoms with Crippen molar-refractivity contribution in [1.29, 1.82) is 0 Å². The summed E-state index contributed by atoms with van der Waals surface area (Å²) < 4.78 is 0. The number of hydrogen-bond acceptors (Lipinski definition) is 2. The van der Waals surface area contributed by atoms with Crippen molar-refractivity contribution < 1.29 is 0 Å². The van der Waals surface area contributed by atoms with E-state index in [9.17, 15) is 0 Å². The van der Waals surface area contributed by atoms with Gasteiger partial charge in [-0.15, -0.1) is 0 Å². The van der Waals surface area contributed by atoms with Crippen molar-refractivity contribution in [2.75, 3.05) is 0 Å². The van der Waals surface area contributed by atoms with Gasteiger partial charge >= 0.3 is 0 Å². The van der Waals surface area contributed by atoms with Gasteiger partial charge in [-0.05, 0) is 73.1 Å². The molecule has 0 saturated carbocycles. The number of aromatic nitrogens is 1. The van der Waals surface area contributed by atoms with E-state index < -0.39 is 0 Å². The fourth-order valence-corrected chi connectivity index (χ4v) is 6.23. The fourth-order valence-electron chi connectivity index (χ4n) is 5.10. The van der Waals surface area contributed by atoms with Crippen molar-refractivity contribution in [3.63, 3.8) is 0 Å². The molecule has 35 heavy (non-hydrogen) atoms. The molecule has 164 valence electrons. The van der Waals surface area contributed by atoms with Crippen LogP contribution in [0.1, 0.15) is 0 Å². The lowest BCUT2D eigenvalue weighted by molar-refractivity contribution is 1.36. The molecule has 1 heterocycles. The van der Waals surface area contributed by atoms with Gasteiger partial charge in [0.15, 0.2) is 0 Å². The molecular weight excluding hydrogens is 442 g/mol. The predicted molar refractivity (Wildman–Crippen MR) is 150 cm³/mol. The molecule has 1 nitrogen and oxygen atoms in total. The van der Waals surface area contributed by atoms with Crippen LogP contribution in [0.4, 0.5) is 0 Å². The summed E-state index contributed by atoms with van der Waals surface area (Å²) in [6.07, 6.45) is 3.93. The second-order valence-corrected chi connectivity index (χ2v) is 9.93. The van der Waals surface area contributed by atoms with Crippen LogP contribution in [0.25, 0.3) is 54.2 Å². The van der Waals surface area contributed by atoms with Crippen LogP contribution in [0.3, 0.4) is 0 Å². The number of hydrogen-bond donors (Lipinski definition) is 0. The zero-order chi connectivity index (χ0) is 23.2. The molecule has 0 bridgehead atoms. The quantitative estimate of drug-likeness (QED) is 0.242. The Kier molecular flexibility index (Phi) is 4.78. The molecule has 2 heteroatoms. The normalized spacial score (nSPS) is 11.5. The Hall–Kier alpha value is -4.14. The zero-order valence-electron chi connectivity index (χ0n) is 19.0. The lowest BCUT2D eigenvalue weighted by Gasteiger charge is -2.17. The standard InChI is InChI=1S/C33H21NS/c1-3-9-24-19-26(14-13-22(24)7-1)32-28-11-5-6-12-29(28)33(30-17-18-34-21-31(30)32)35-27-16-15-23-8-2-4-10-25(23)20-27/h1-21H. The topological polar surface area (TPSA) is 12.9 Å². The van der Waals surface area contributed by atoms with Gasteiger partial charge in [0.25, 0.3) is 0 Å². The molecule has 1 aromatic heterocycles. The zero-order valence-corrected chi connectivity index (χ0v) is 19.8. The Labute approximate surface area is 208 Å². The first kappa shape index (κ1) is 20.3. The van der Waals surface area contributed by atoms with Crippen LogP contribution >= 0.6 is 11.8 Å². The maximum absolute atomic E-state index is 4.55. The summed E-state index contributed by atoms with van der Waals surface area (Å²) in [6.45, 7) is 0. The minimum atomic E-state index is 1.18. The van der Waals surface area contributed by atoms with Gasteiger partial charge in [0.05, 0.1) is 0 Å². The average Bonchev–Trinajstić information content (AvgIpc) is 2.93. The van der Waals surface area contributed by atoms with E-state index in [0.29, 0.717) is 0 Å². The van der Waals surface area contributed by atoms with Gasteiger partial charge in [-0.3, -0.25) is 4.98 Å². The Morgan fingerprint density at radius 2 is 1.11 bits per heavy atom. The number of pyridine rings is 1. The molecule has 0 aliphatic heterocycles. The van der Waals surface area contributed by atoms with Gasteiger partial charge in [-0.2, -0.15) is 0 Å². The van der Waals surface area contributed by atoms with E-state index in [1.165, 1.54) is 64.0 Å². The summed E-state index contributed by atoms with van der Waals surface area (Å²) in [5, 5.41) is 9.99. The SMILES string of the molecule is c1ccc2cc(Sc3c4ccccc4c(-c4ccc5ccccc5c4)c4cnccc34)ccc2c1. The Morgan fingerprint density at radius 1 is 0.486 bits per heavy atom. The molecule has 0 amide bonds. The first-order chi connectivity index (χ1) is 17.3. The third-order valence-electron chi connectivity index (χ3n) is 6.76. The van der Waals surface area contributed by atoms with E-state index in [1.807, 2.05) is 24.2 Å². The summed E-state index contributed by atoms with van der Waals surface area (Å²) in [5.74, 6) is 0. The van der Waals surface area contributed by atoms with Crippen molar-refractivity contribution in [1.82, 2.24) is 4.98 Å². The minimum absolute atomic E-state index is 1.18. The molecule has 0 aliphatic rings. The minimum Gasteiger partial charge on any atom is -0.264 e. The average molecular weight is 464 g/mol. The van der Waals surface area contributed by atoms with E-state index in [1.54, 1.807) is 0 Å². The Bertz CT molecular complexity index is 1830. The number of benzene rings is 6. The highest BCUT2D eigenvalue weighted by Gasteiger charge is 2.16. The Morgan fingerprint density at radius 3 is 1.91 bits per heavy atom. The van der Waals surface area contributed by atoms with Crippen molar-refractivity contribution in [2.24, 2.45) is 0 Å². The highest BCUT2D eigenvalue weighted by molar-refractivity contribution is 7.99. The monoisotopic (exact) mass is 463 g/mol. The summed E-state index contributed by atoms with van der Waals surface area (Å²) >= 11 is 1.84. The Balaban J connectivity index is 1.50. The highest BCUT2D eigenvalue weighted by atomic mass is 32.2. The van der Waals surface area contributed by atoms with Crippen LogP contribution in [0.5, 0.6) is 0 Å². The smallest absolute Gasteiger partial charge is 0.0353 e. The first-order valence-corrected chi connectivity index (χ1v) is 12.6. The predicted octanol–water partition coefficient (Wildman–Crippen LogP) is 9.51. The largest absolute Gasteiger partial charge is 0.264 e. The maximum atomic E-state index is 4.55. The maximum Gasteiger partial charge on any atom is 0.0353 e. The number of nitrogens with zero attached hydrogens (tertiary/aromatic N) is 1. The summed E-state index contributed by atoms with van der Waals surface area (Å²) in [7, 11) is 0. The molecule has 6 aromatic carbocycles. The number of rotatable bonds is 3. The van der Waals surface area contributed by atoms with Crippen molar-refractivity contribution in [3.8, 4) is 11.1 Å². The van der Waals surface area contributed by atoms with Crippen LogP contribution in [0.2, 0.25) is 0 Å². The van der Waals surface area contributed by atoms with Crippen LogP contribution in [-0.2, 0) is 0 Å². The highest BCUT2D eigenvalue weighted by Crippen LogP contribution is 2.45. The van der Waals surface area contributed by atoms with E-state index in [4.69, 9.17) is 0 Å². The lowest BCUT2D eigenvalue weighted by Crippen LogP contribution is -1.90. The molecule has 0 radical (unpaired) electrons. The molecule has 0 spiro atoms. The van der Waals surface area contributed by atoms with Crippen LogP contribution in [0.15, 0.2) is 137 Å². The van der Waals surface area contributed by atoms with Gasteiger partial charge in [0, 0.05) is 27.6 Å². The van der Waals surface area contributed by atoms with Crippen molar-refractivity contribution >= 4 is 54.9 Å². The molecule has 0 aliphatic carbocycles. The van der Waals surface area contributed by atoms with Crippen LogP contribution in [-0.4, -0.2) is 4.98 Å². The summed E-state index contributed by atoms with van der Waals surface area (Å²) in [5.41, 5.74) is 2.47. The lowest BCUT2D eigenvalue weighted by atomic mass is 9.92. The van der Waals surface area contributed by atoms with Gasteiger partial charge in [0.2, 0.25) is 0 Å². The molecular formula is C33H21NS. The molecule has 7 aromatic rings. The van der Waals surface area contributed by atoms with Gasteiger partial charge in [-0.1, -0.05) is 103 Å². The van der Waals surface area contributed by atoms with E-state index >= 15 is 0 Å². The van der Waals surface area contributed by atoms with Gasteiger partial charge in [0.1, 0.15) is 0 Å². The second-order valence-electron chi connectivity index (χ2n) is 8.84. The molecule has 0 N–H and O–H groups in total. The van der Waals surface area contributed by atoms with Crippen molar-refractivity contribution in [3.05, 3.63) is 128 Å². The van der Waals surface area contributed by atoms with E-state index in [-0.39, 0.29) is 0 Å². The third-order valence-corrected chi connectivity index (χ3v) is 7.89. The molecule has 0 saturated heterocycles. The summed E-state index contributed by atoms with van der Waals surface area (Å²) in [6, 6.07) is 41.5. The fraction of sp³-hybridized carbons (Fsp3) is 0. The van der Waals surface area contributed by atoms with Gasteiger partial charge in [-0.25, -0.2) is 0 Å². The molecule has 0 atom stereocenters. The molecule has 0 fully saturated rings. The van der Waals surface area contributed by atoms with E-state index in [0.717, 1.165) is 0 Å². The first-order valence-electron chi connectivity index (χ1n) is 11.8. The van der Waals surface area contributed by atoms with Gasteiger partial charge < -0.3 is 0 Å². The van der Waals surface area contributed by atoms with Crippen molar-refractivity contribution in [2.45, 2.75) is 9.79 Å². The van der Waals surface area contributed by atoms with Crippen LogP contribution < -0.4 is 0 Å². The summed E-state index contributed by atoms with van der Waals surface area (Å²) in [4.78, 5) is 7.06. The van der Waals surface area contributed by atoms with Crippen LogP contribution in [0, 0.1) is 0 Å². The second kappa shape index (κ2) is 8.26. The van der Waals surface area contributed by atoms with E-state index in [2.05, 4.69) is 120 Å². The molecule has 7 rings (SSSR count).